The van der Waals surface area contributed by atoms with E-state index in [1.165, 1.54) is 11.0 Å². The second-order valence-corrected chi connectivity index (χ2v) is 7.51. The molecular weight excluding hydrogens is 403 g/mol. The van der Waals surface area contributed by atoms with Crippen LogP contribution < -0.4 is 16.4 Å². The molecule has 1 aromatic rings. The first-order valence-corrected chi connectivity index (χ1v) is 9.16. The number of thioether (sulfide) groups is 1. The van der Waals surface area contributed by atoms with Crippen molar-refractivity contribution >= 4 is 29.2 Å². The standard InChI is InChI=1S/C17H17F5N4OS/c1-8-7-28-14(13(24)27)26(8)9-2-3-11(18)10(6-9)17(15(19)20)16(21,22)5-4-12(23)25-17/h2-3,6-7,14-15H,4-5H2,1H3,(H2,23,25)(H2,24,27)/t14-,17?/m0/s1. The van der Waals surface area contributed by atoms with E-state index in [9.17, 15) is 26.7 Å². The number of carbonyl (C=O) groups is 1. The Balaban J connectivity index is 2.22. The third-order valence-corrected chi connectivity index (χ3v) is 5.93. The highest BCUT2D eigenvalue weighted by Gasteiger charge is 2.64. The van der Waals surface area contributed by atoms with Gasteiger partial charge >= 0.3 is 0 Å². The van der Waals surface area contributed by atoms with E-state index in [4.69, 9.17) is 11.5 Å². The first-order chi connectivity index (χ1) is 13.0. The smallest absolute Gasteiger partial charge is 0.283 e. The molecule has 28 heavy (non-hydrogen) atoms. The van der Waals surface area contributed by atoms with Gasteiger partial charge in [-0.2, -0.15) is 0 Å². The number of anilines is 1. The second-order valence-electron chi connectivity index (χ2n) is 6.56. The van der Waals surface area contributed by atoms with Gasteiger partial charge in [-0.15, -0.1) is 0 Å². The van der Waals surface area contributed by atoms with Gasteiger partial charge in [-0.05, 0) is 30.5 Å². The van der Waals surface area contributed by atoms with Gasteiger partial charge in [0, 0.05) is 29.8 Å². The summed E-state index contributed by atoms with van der Waals surface area (Å²) in [6.45, 7) is 1.62. The van der Waals surface area contributed by atoms with Crippen molar-refractivity contribution in [2.24, 2.45) is 16.5 Å². The molecule has 3 rings (SSSR count). The van der Waals surface area contributed by atoms with Crippen LogP contribution in [0.15, 0.2) is 34.3 Å². The molecule has 1 aromatic carbocycles. The molecule has 0 saturated heterocycles. The number of carbonyl (C=O) groups excluding carboxylic acids is 1. The summed E-state index contributed by atoms with van der Waals surface area (Å²) in [6, 6.07) is 2.85. The third-order valence-electron chi connectivity index (χ3n) is 4.75. The van der Waals surface area contributed by atoms with E-state index in [0.29, 0.717) is 5.70 Å². The quantitative estimate of drug-likeness (QED) is 0.732. The van der Waals surface area contributed by atoms with Crippen LogP contribution in [0.3, 0.4) is 0 Å². The first-order valence-electron chi connectivity index (χ1n) is 8.22. The van der Waals surface area contributed by atoms with Crippen molar-refractivity contribution in [3.05, 3.63) is 40.7 Å². The van der Waals surface area contributed by atoms with Crippen molar-refractivity contribution in [1.82, 2.24) is 0 Å². The number of benzene rings is 1. The van der Waals surface area contributed by atoms with E-state index in [0.717, 1.165) is 23.9 Å². The number of allylic oxidation sites excluding steroid dienone is 1. The van der Waals surface area contributed by atoms with Gasteiger partial charge in [0.25, 0.3) is 18.3 Å². The number of amidine groups is 1. The molecule has 0 fully saturated rings. The minimum Gasteiger partial charge on any atom is -0.387 e. The second kappa shape index (κ2) is 6.94. The maximum absolute atomic E-state index is 14.7. The van der Waals surface area contributed by atoms with Crippen LogP contribution >= 0.6 is 11.8 Å². The lowest BCUT2D eigenvalue weighted by atomic mass is 9.79. The zero-order valence-corrected chi connectivity index (χ0v) is 15.5. The number of halogens is 5. The number of aliphatic imine (C=N–C) groups is 1. The molecule has 11 heteroatoms. The maximum Gasteiger partial charge on any atom is 0.283 e. The Bertz CT molecular complexity index is 875. The summed E-state index contributed by atoms with van der Waals surface area (Å²) in [6.07, 6.45) is -5.08. The Morgan fingerprint density at radius 1 is 1.39 bits per heavy atom. The minimum absolute atomic E-state index is 0.0640. The van der Waals surface area contributed by atoms with Crippen molar-refractivity contribution in [3.63, 3.8) is 0 Å². The number of primary amides is 1. The maximum atomic E-state index is 14.7. The summed E-state index contributed by atoms with van der Waals surface area (Å²) < 4.78 is 71.9. The Morgan fingerprint density at radius 3 is 2.68 bits per heavy atom. The molecule has 0 radical (unpaired) electrons. The van der Waals surface area contributed by atoms with Crippen LogP contribution in [0.1, 0.15) is 25.3 Å². The molecular formula is C17H17F5N4OS. The Hall–Kier alpha value is -2.30. The van der Waals surface area contributed by atoms with Gasteiger partial charge in [0.05, 0.1) is 5.84 Å². The van der Waals surface area contributed by atoms with Gasteiger partial charge in [-0.25, -0.2) is 26.9 Å². The van der Waals surface area contributed by atoms with Crippen molar-refractivity contribution < 1.29 is 26.7 Å². The summed E-state index contributed by atoms with van der Waals surface area (Å²) >= 11 is 1.06. The van der Waals surface area contributed by atoms with Gasteiger partial charge in [0.15, 0.2) is 5.37 Å². The molecule has 0 saturated carbocycles. The first kappa shape index (κ1) is 20.4. The molecule has 1 amide bonds. The van der Waals surface area contributed by atoms with Crippen LogP contribution in [-0.2, 0) is 10.3 Å². The highest BCUT2D eigenvalue weighted by molar-refractivity contribution is 8.03. The normalized spacial score (nSPS) is 27.0. The zero-order valence-electron chi connectivity index (χ0n) is 14.6. The van der Waals surface area contributed by atoms with Gasteiger partial charge in [-0.1, -0.05) is 11.8 Å². The van der Waals surface area contributed by atoms with E-state index < -0.39 is 52.8 Å². The Morgan fingerprint density at radius 2 is 2.07 bits per heavy atom. The summed E-state index contributed by atoms with van der Waals surface area (Å²) in [5.74, 6) is -6.43. The number of hydrogen-bond donors (Lipinski definition) is 2. The molecule has 2 aliphatic rings. The average molecular weight is 420 g/mol. The topological polar surface area (TPSA) is 84.7 Å². The fourth-order valence-corrected chi connectivity index (χ4v) is 4.36. The highest BCUT2D eigenvalue weighted by atomic mass is 32.2. The molecule has 0 aromatic heterocycles. The molecule has 4 N–H and O–H groups in total. The van der Waals surface area contributed by atoms with E-state index in [1.54, 1.807) is 12.3 Å². The van der Waals surface area contributed by atoms with E-state index in [-0.39, 0.29) is 12.1 Å². The van der Waals surface area contributed by atoms with E-state index in [1.807, 2.05) is 0 Å². The van der Waals surface area contributed by atoms with Crippen molar-refractivity contribution in [2.45, 2.75) is 43.0 Å². The molecule has 0 spiro atoms. The molecule has 2 atom stereocenters. The van der Waals surface area contributed by atoms with E-state index in [2.05, 4.69) is 4.99 Å². The third kappa shape index (κ3) is 3.01. The number of hydrogen-bond acceptors (Lipinski definition) is 5. The van der Waals surface area contributed by atoms with Crippen LogP contribution in [0, 0.1) is 5.82 Å². The van der Waals surface area contributed by atoms with Gasteiger partial charge in [0.1, 0.15) is 5.82 Å². The Labute approximate surface area is 161 Å². The number of nitrogens with zero attached hydrogens (tertiary/aromatic N) is 2. The van der Waals surface area contributed by atoms with Crippen molar-refractivity contribution in [3.8, 4) is 0 Å². The number of nitrogens with two attached hydrogens (primary N) is 2. The minimum atomic E-state index is -4.03. The lowest BCUT2D eigenvalue weighted by Crippen LogP contribution is -2.54. The van der Waals surface area contributed by atoms with Crippen LogP contribution in [0.5, 0.6) is 0 Å². The lowest BCUT2D eigenvalue weighted by molar-refractivity contribution is -0.145. The molecule has 1 unspecified atom stereocenters. The van der Waals surface area contributed by atoms with Crippen LogP contribution in [0.2, 0.25) is 0 Å². The highest BCUT2D eigenvalue weighted by Crippen LogP contribution is 2.52. The van der Waals surface area contributed by atoms with E-state index >= 15 is 0 Å². The zero-order chi connectivity index (χ0) is 20.9. The largest absolute Gasteiger partial charge is 0.387 e. The van der Waals surface area contributed by atoms with Crippen LogP contribution in [-0.4, -0.2) is 29.5 Å². The van der Waals surface area contributed by atoms with Gasteiger partial charge in [-0.3, -0.25) is 4.79 Å². The SMILES string of the molecule is CC1=CS[C@@H](C(N)=O)N1c1ccc(F)c(C2(C(F)F)N=C(N)CCC2(F)F)c1. The predicted octanol–water partition coefficient (Wildman–Crippen LogP) is 3.30. The average Bonchev–Trinajstić information content (AvgIpc) is 2.99. The van der Waals surface area contributed by atoms with Crippen molar-refractivity contribution in [1.29, 1.82) is 0 Å². The molecule has 2 aliphatic heterocycles. The number of rotatable bonds is 4. The van der Waals surface area contributed by atoms with Crippen LogP contribution in [0.25, 0.3) is 0 Å². The molecule has 5 nitrogen and oxygen atoms in total. The number of amides is 1. The molecule has 0 bridgehead atoms. The van der Waals surface area contributed by atoms with Gasteiger partial charge < -0.3 is 16.4 Å². The Kier molecular flexibility index (Phi) is 5.07. The molecule has 0 aliphatic carbocycles. The lowest BCUT2D eigenvalue weighted by Gasteiger charge is -2.40. The summed E-state index contributed by atoms with van der Waals surface area (Å²) in [5, 5.41) is 0.688. The van der Waals surface area contributed by atoms with Crippen LogP contribution in [0.4, 0.5) is 27.6 Å². The fourth-order valence-electron chi connectivity index (χ4n) is 3.38. The summed E-state index contributed by atoms with van der Waals surface area (Å²) in [4.78, 5) is 16.4. The molecule has 152 valence electrons. The summed E-state index contributed by atoms with van der Waals surface area (Å²) in [5.41, 5.74) is 6.97. The predicted molar refractivity (Wildman–Crippen MR) is 96.7 cm³/mol. The molecule has 2 heterocycles. The fraction of sp³-hybridized carbons (Fsp3) is 0.412. The van der Waals surface area contributed by atoms with Gasteiger partial charge in [0.2, 0.25) is 5.54 Å². The number of alkyl halides is 4. The van der Waals surface area contributed by atoms with Crippen molar-refractivity contribution in [2.75, 3.05) is 4.90 Å². The summed E-state index contributed by atoms with van der Waals surface area (Å²) in [7, 11) is 0. The monoisotopic (exact) mass is 420 g/mol.